The molecule has 0 radical (unpaired) electrons. The number of aromatic nitrogens is 2. The maximum Gasteiger partial charge on any atom is 0.271 e. The molecule has 0 saturated carbocycles. The third-order valence-corrected chi connectivity index (χ3v) is 4.34. The fraction of sp³-hybridized carbons (Fsp3) is 0.733. The maximum atomic E-state index is 12.5. The number of carbonyl (C=O) groups excluding carboxylic acids is 1. The zero-order chi connectivity index (χ0) is 16.0. The van der Waals surface area contributed by atoms with E-state index in [9.17, 15) is 4.79 Å². The summed E-state index contributed by atoms with van der Waals surface area (Å²) in [6, 6.07) is 0.120. The van der Waals surface area contributed by atoms with Crippen molar-refractivity contribution in [1.29, 1.82) is 0 Å². The van der Waals surface area contributed by atoms with Gasteiger partial charge in [0.1, 0.15) is 5.69 Å². The Labute approximate surface area is 131 Å². The van der Waals surface area contributed by atoms with Crippen LogP contribution in [0.1, 0.15) is 56.7 Å². The number of halogens is 1. The van der Waals surface area contributed by atoms with Gasteiger partial charge in [-0.25, -0.2) is 0 Å². The second-order valence-electron chi connectivity index (χ2n) is 7.34. The van der Waals surface area contributed by atoms with Gasteiger partial charge >= 0.3 is 0 Å². The van der Waals surface area contributed by atoms with Crippen LogP contribution in [0.25, 0.3) is 0 Å². The number of nitrogens with one attached hydrogen (secondary N) is 2. The summed E-state index contributed by atoms with van der Waals surface area (Å²) < 4.78 is 1.55. The fourth-order valence-corrected chi connectivity index (χ4v) is 3.80. The molecule has 1 aliphatic rings. The van der Waals surface area contributed by atoms with Gasteiger partial charge in [0.25, 0.3) is 5.91 Å². The third-order valence-electron chi connectivity index (χ3n) is 3.89. The van der Waals surface area contributed by atoms with Crippen LogP contribution in [-0.2, 0) is 7.05 Å². The first-order valence-corrected chi connectivity index (χ1v) is 7.68. The number of amides is 1. The molecule has 2 heterocycles. The number of piperidine rings is 1. The summed E-state index contributed by atoms with van der Waals surface area (Å²) in [5, 5.41) is 11.4. The number of hydrogen-bond acceptors (Lipinski definition) is 3. The number of carbonyl (C=O) groups is 1. The van der Waals surface area contributed by atoms with Crippen molar-refractivity contribution in [3.8, 4) is 0 Å². The molecule has 2 N–H and O–H groups in total. The van der Waals surface area contributed by atoms with Crippen LogP contribution in [-0.4, -0.2) is 32.8 Å². The Bertz CT molecular complexity index is 546. The van der Waals surface area contributed by atoms with Gasteiger partial charge in [0.2, 0.25) is 0 Å². The Hall–Kier alpha value is -1.07. The largest absolute Gasteiger partial charge is 0.348 e. The molecule has 0 spiro atoms. The SMILES string of the molecule is Cc1nn(C)c(C(=O)NC2CC(C)(C)NC(C)(C)C2)c1Cl. The van der Waals surface area contributed by atoms with Crippen LogP contribution in [0.4, 0.5) is 0 Å². The molecule has 0 atom stereocenters. The van der Waals surface area contributed by atoms with Crippen molar-refractivity contribution < 1.29 is 4.79 Å². The first kappa shape index (κ1) is 16.3. The van der Waals surface area contributed by atoms with Crippen molar-refractivity contribution in [2.75, 3.05) is 0 Å². The molecular formula is C15H25ClN4O. The van der Waals surface area contributed by atoms with E-state index in [-0.39, 0.29) is 23.0 Å². The minimum absolute atomic E-state index is 0.00807. The van der Waals surface area contributed by atoms with Gasteiger partial charge in [-0.05, 0) is 47.5 Å². The van der Waals surface area contributed by atoms with E-state index >= 15 is 0 Å². The van der Waals surface area contributed by atoms with E-state index in [4.69, 9.17) is 11.6 Å². The van der Waals surface area contributed by atoms with E-state index < -0.39 is 0 Å². The zero-order valence-corrected chi connectivity index (χ0v) is 14.4. The predicted octanol–water partition coefficient (Wildman–Crippen LogP) is 2.42. The summed E-state index contributed by atoms with van der Waals surface area (Å²) >= 11 is 6.18. The molecule has 1 saturated heterocycles. The summed E-state index contributed by atoms with van der Waals surface area (Å²) in [4.78, 5) is 12.5. The Balaban J connectivity index is 2.16. The van der Waals surface area contributed by atoms with Crippen molar-refractivity contribution >= 4 is 17.5 Å². The Morgan fingerprint density at radius 1 is 1.33 bits per heavy atom. The standard InChI is InChI=1S/C15H25ClN4O/c1-9-11(16)12(20(6)18-9)13(21)17-10-7-14(2,3)19-15(4,5)8-10/h10,19H,7-8H2,1-6H3,(H,17,21). The lowest BCUT2D eigenvalue weighted by molar-refractivity contribution is 0.0864. The summed E-state index contributed by atoms with van der Waals surface area (Å²) in [6.07, 6.45) is 1.77. The normalized spacial score (nSPS) is 21.3. The Morgan fingerprint density at radius 3 is 2.29 bits per heavy atom. The lowest BCUT2D eigenvalue weighted by atomic mass is 9.79. The van der Waals surface area contributed by atoms with Crippen LogP contribution in [0.5, 0.6) is 0 Å². The quantitative estimate of drug-likeness (QED) is 0.881. The maximum absolute atomic E-state index is 12.5. The highest BCUT2D eigenvalue weighted by atomic mass is 35.5. The number of rotatable bonds is 2. The minimum atomic E-state index is -0.151. The zero-order valence-electron chi connectivity index (χ0n) is 13.7. The smallest absolute Gasteiger partial charge is 0.271 e. The molecular weight excluding hydrogens is 288 g/mol. The average Bonchev–Trinajstić information content (AvgIpc) is 2.47. The molecule has 1 aromatic rings. The van der Waals surface area contributed by atoms with Crippen LogP contribution in [0.15, 0.2) is 0 Å². The van der Waals surface area contributed by atoms with E-state index in [1.807, 2.05) is 0 Å². The van der Waals surface area contributed by atoms with Crippen LogP contribution >= 0.6 is 11.6 Å². The molecule has 21 heavy (non-hydrogen) atoms. The third kappa shape index (κ3) is 3.58. The first-order chi connectivity index (χ1) is 9.51. The molecule has 1 aromatic heterocycles. The van der Waals surface area contributed by atoms with Gasteiger partial charge in [0.15, 0.2) is 0 Å². The first-order valence-electron chi connectivity index (χ1n) is 7.30. The number of hydrogen-bond donors (Lipinski definition) is 2. The Morgan fingerprint density at radius 2 is 1.86 bits per heavy atom. The molecule has 6 heteroatoms. The van der Waals surface area contributed by atoms with Gasteiger partial charge in [-0.1, -0.05) is 11.6 Å². The van der Waals surface area contributed by atoms with Crippen molar-refractivity contribution in [2.45, 2.75) is 64.6 Å². The molecule has 0 aliphatic carbocycles. The van der Waals surface area contributed by atoms with Crippen LogP contribution in [0, 0.1) is 6.92 Å². The van der Waals surface area contributed by atoms with Gasteiger partial charge in [-0.15, -0.1) is 0 Å². The van der Waals surface area contributed by atoms with Crippen molar-refractivity contribution in [3.63, 3.8) is 0 Å². The van der Waals surface area contributed by atoms with Gasteiger partial charge in [-0.2, -0.15) is 5.10 Å². The second kappa shape index (κ2) is 5.29. The molecule has 0 aromatic carbocycles. The average molecular weight is 313 g/mol. The highest BCUT2D eigenvalue weighted by Crippen LogP contribution is 2.29. The lowest BCUT2D eigenvalue weighted by Gasteiger charge is -2.46. The number of nitrogens with zero attached hydrogens (tertiary/aromatic N) is 2. The molecule has 2 rings (SSSR count). The second-order valence-corrected chi connectivity index (χ2v) is 7.72. The number of aryl methyl sites for hydroxylation is 2. The van der Waals surface area contributed by atoms with Gasteiger partial charge < -0.3 is 10.6 Å². The molecule has 0 unspecified atom stereocenters. The molecule has 0 bridgehead atoms. The van der Waals surface area contributed by atoms with Crippen LogP contribution in [0.3, 0.4) is 0 Å². The monoisotopic (exact) mass is 312 g/mol. The van der Waals surface area contributed by atoms with Gasteiger partial charge in [-0.3, -0.25) is 9.48 Å². The predicted molar refractivity (Wildman–Crippen MR) is 84.7 cm³/mol. The van der Waals surface area contributed by atoms with Crippen LogP contribution in [0.2, 0.25) is 5.02 Å². The Kier molecular flexibility index (Phi) is 4.10. The molecule has 118 valence electrons. The fourth-order valence-electron chi connectivity index (χ4n) is 3.56. The van der Waals surface area contributed by atoms with Gasteiger partial charge in [0.05, 0.1) is 10.7 Å². The summed E-state index contributed by atoms with van der Waals surface area (Å²) in [5.41, 5.74) is 1.09. The van der Waals surface area contributed by atoms with Crippen molar-refractivity contribution in [1.82, 2.24) is 20.4 Å². The molecule has 1 fully saturated rings. The molecule has 5 nitrogen and oxygen atoms in total. The highest BCUT2D eigenvalue weighted by Gasteiger charge is 2.38. The summed E-state index contributed by atoms with van der Waals surface area (Å²) in [5.74, 6) is -0.151. The summed E-state index contributed by atoms with van der Waals surface area (Å²) in [6.45, 7) is 10.4. The van der Waals surface area contributed by atoms with E-state index in [2.05, 4.69) is 43.4 Å². The van der Waals surface area contributed by atoms with Crippen LogP contribution < -0.4 is 10.6 Å². The van der Waals surface area contributed by atoms with E-state index in [1.165, 1.54) is 0 Å². The molecule has 1 amide bonds. The van der Waals surface area contributed by atoms with E-state index in [0.29, 0.717) is 16.4 Å². The van der Waals surface area contributed by atoms with E-state index in [1.54, 1.807) is 18.7 Å². The van der Waals surface area contributed by atoms with Gasteiger partial charge in [0, 0.05) is 24.2 Å². The lowest BCUT2D eigenvalue weighted by Crippen LogP contribution is -2.62. The topological polar surface area (TPSA) is 59.0 Å². The minimum Gasteiger partial charge on any atom is -0.348 e. The molecule has 1 aliphatic heterocycles. The van der Waals surface area contributed by atoms with Crippen molar-refractivity contribution in [2.24, 2.45) is 7.05 Å². The van der Waals surface area contributed by atoms with E-state index in [0.717, 1.165) is 12.8 Å². The summed E-state index contributed by atoms with van der Waals surface area (Å²) in [7, 11) is 1.74. The van der Waals surface area contributed by atoms with Crippen molar-refractivity contribution in [3.05, 3.63) is 16.4 Å². The highest BCUT2D eigenvalue weighted by molar-refractivity contribution is 6.34.